The Morgan fingerprint density at radius 3 is 2.28 bits per heavy atom. The van der Waals surface area contributed by atoms with Crippen molar-refractivity contribution in [3.63, 3.8) is 0 Å². The van der Waals surface area contributed by atoms with Gasteiger partial charge in [0.25, 0.3) is 0 Å². The van der Waals surface area contributed by atoms with E-state index in [1.165, 1.54) is 37.7 Å². The highest BCUT2D eigenvalue weighted by atomic mass is 19.4. The minimum Gasteiger partial charge on any atom is -0.498 e. The first-order valence-electron chi connectivity index (χ1n) is 9.08. The van der Waals surface area contributed by atoms with Crippen LogP contribution in [0.4, 0.5) is 13.2 Å². The maximum Gasteiger partial charge on any atom is 0.573 e. The van der Waals surface area contributed by atoms with Crippen LogP contribution in [0.25, 0.3) is 11.3 Å². The van der Waals surface area contributed by atoms with Crippen molar-refractivity contribution in [3.8, 4) is 28.8 Å². The molecule has 2 heterocycles. The van der Waals surface area contributed by atoms with Gasteiger partial charge < -0.3 is 19.3 Å². The number of fused-ring (bicyclic) bond motifs is 1. The van der Waals surface area contributed by atoms with Crippen molar-refractivity contribution in [2.45, 2.75) is 12.5 Å². The van der Waals surface area contributed by atoms with Crippen molar-refractivity contribution in [2.24, 2.45) is 0 Å². The summed E-state index contributed by atoms with van der Waals surface area (Å²) in [7, 11) is 1.36. The topological polar surface area (TPSA) is 104 Å². The highest BCUT2D eigenvalue weighted by Crippen LogP contribution is 2.32. The molecule has 0 amide bonds. The molecule has 4 rings (SSSR count). The highest BCUT2D eigenvalue weighted by molar-refractivity contribution is 6.06. The lowest BCUT2D eigenvalue weighted by atomic mass is 9.96. The Morgan fingerprint density at radius 2 is 1.66 bits per heavy atom. The normalized spacial score (nSPS) is 15.6. The van der Waals surface area contributed by atoms with Gasteiger partial charge in [-0.05, 0) is 30.3 Å². The number of halogens is 3. The second-order valence-corrected chi connectivity index (χ2v) is 6.53. The van der Waals surface area contributed by atoms with Crippen LogP contribution in [-0.4, -0.2) is 39.3 Å². The quantitative estimate of drug-likeness (QED) is 0.629. The summed E-state index contributed by atoms with van der Waals surface area (Å²) in [4.78, 5) is 24.7. The predicted octanol–water partition coefficient (Wildman–Crippen LogP) is 3.99. The van der Waals surface area contributed by atoms with Crippen molar-refractivity contribution in [1.29, 1.82) is 0 Å². The summed E-state index contributed by atoms with van der Waals surface area (Å²) in [5, 5.41) is 10.3. The molecule has 32 heavy (non-hydrogen) atoms. The smallest absolute Gasteiger partial charge is 0.498 e. The Hall–Kier alpha value is -3.99. The molecule has 0 saturated heterocycles. The monoisotopic (exact) mass is 445 g/mol. The third-order valence-electron chi connectivity index (χ3n) is 4.42. The number of allylic oxidation sites excluding steroid dienone is 1. The van der Waals surface area contributed by atoms with Gasteiger partial charge in [-0.3, -0.25) is 4.79 Å². The largest absolute Gasteiger partial charge is 0.573 e. The van der Waals surface area contributed by atoms with Gasteiger partial charge in [0.05, 0.1) is 12.8 Å². The fourth-order valence-electron chi connectivity index (χ4n) is 2.96. The molecule has 0 bridgehead atoms. The highest BCUT2D eigenvalue weighted by Gasteiger charge is 2.31. The lowest BCUT2D eigenvalue weighted by Gasteiger charge is -2.20. The summed E-state index contributed by atoms with van der Waals surface area (Å²) in [6.45, 7) is 0. The molecule has 2 aromatic heterocycles. The molecular weight excluding hydrogens is 431 g/mol. The first-order valence-corrected chi connectivity index (χ1v) is 9.08. The Labute approximate surface area is 178 Å². The second kappa shape index (κ2) is 8.27. The minimum atomic E-state index is -4.78. The predicted molar refractivity (Wildman–Crippen MR) is 103 cm³/mol. The maximum absolute atomic E-state index is 12.3. The van der Waals surface area contributed by atoms with E-state index in [4.69, 9.17) is 9.47 Å². The standard InChI is InChI=1S/C21H14F3N3O5/c1-30-17-8-16(28)18-14(19(17)29)6-7-15(27-18)11-9-25-20(26-10-11)31-12-2-4-13(5-3-12)32-21(22,23)24/h2-10,19,29H,1H3. The van der Waals surface area contributed by atoms with E-state index in [0.717, 1.165) is 12.1 Å². The number of aromatic nitrogens is 3. The molecule has 1 aliphatic rings. The van der Waals surface area contributed by atoms with E-state index >= 15 is 0 Å². The minimum absolute atomic E-state index is 0.0460. The zero-order valence-corrected chi connectivity index (χ0v) is 16.3. The number of carbonyl (C=O) groups excluding carboxylic acids is 1. The molecular formula is C21H14F3N3O5. The SMILES string of the molecule is COC1=CC(=O)c2nc(-c3cnc(Oc4ccc(OC(F)(F)F)cc4)nc3)ccc2C1O. The zero-order valence-electron chi connectivity index (χ0n) is 16.3. The number of hydrogen-bond donors (Lipinski definition) is 1. The maximum atomic E-state index is 12.3. The number of benzene rings is 1. The van der Waals surface area contributed by atoms with Gasteiger partial charge in [0.15, 0.2) is 0 Å². The number of hydrogen-bond acceptors (Lipinski definition) is 8. The number of ether oxygens (including phenoxy) is 3. The number of rotatable bonds is 5. The van der Waals surface area contributed by atoms with E-state index in [1.807, 2.05) is 0 Å². The second-order valence-electron chi connectivity index (χ2n) is 6.53. The fourth-order valence-corrected chi connectivity index (χ4v) is 2.96. The number of ketones is 1. The summed E-state index contributed by atoms with van der Waals surface area (Å²) < 4.78 is 50.9. The molecule has 1 N–H and O–H groups in total. The Balaban J connectivity index is 1.49. The average Bonchev–Trinajstić information content (AvgIpc) is 2.77. The summed E-state index contributed by atoms with van der Waals surface area (Å²) in [6.07, 6.45) is -1.86. The van der Waals surface area contributed by atoms with E-state index < -0.39 is 18.2 Å². The van der Waals surface area contributed by atoms with Gasteiger partial charge in [-0.2, -0.15) is 0 Å². The number of aliphatic hydroxyl groups excluding tert-OH is 1. The molecule has 0 radical (unpaired) electrons. The van der Waals surface area contributed by atoms with Crippen LogP contribution in [0.15, 0.2) is 60.6 Å². The third kappa shape index (κ3) is 4.52. The first-order chi connectivity index (χ1) is 15.2. The number of methoxy groups -OCH3 is 1. The molecule has 1 unspecified atom stereocenters. The summed E-state index contributed by atoms with van der Waals surface area (Å²) in [5.74, 6) is -0.436. The van der Waals surface area contributed by atoms with E-state index in [0.29, 0.717) is 16.8 Å². The van der Waals surface area contributed by atoms with Crippen molar-refractivity contribution < 1.29 is 37.3 Å². The van der Waals surface area contributed by atoms with E-state index in [2.05, 4.69) is 19.7 Å². The molecule has 8 nitrogen and oxygen atoms in total. The van der Waals surface area contributed by atoms with Crippen LogP contribution in [0.2, 0.25) is 0 Å². The molecule has 0 saturated carbocycles. The number of carbonyl (C=O) groups is 1. The van der Waals surface area contributed by atoms with Crippen LogP contribution < -0.4 is 9.47 Å². The van der Waals surface area contributed by atoms with Gasteiger partial charge in [0.2, 0.25) is 5.78 Å². The Morgan fingerprint density at radius 1 is 1.00 bits per heavy atom. The molecule has 1 aromatic carbocycles. The van der Waals surface area contributed by atoms with Gasteiger partial charge in [-0.1, -0.05) is 6.07 Å². The molecule has 1 atom stereocenters. The van der Waals surface area contributed by atoms with E-state index in [1.54, 1.807) is 12.1 Å². The van der Waals surface area contributed by atoms with Crippen LogP contribution >= 0.6 is 0 Å². The molecule has 1 aliphatic carbocycles. The van der Waals surface area contributed by atoms with Crippen LogP contribution in [-0.2, 0) is 4.74 Å². The van der Waals surface area contributed by atoms with Gasteiger partial charge in [-0.25, -0.2) is 15.0 Å². The molecule has 11 heteroatoms. The lowest BCUT2D eigenvalue weighted by Crippen LogP contribution is -2.18. The van der Waals surface area contributed by atoms with Crippen LogP contribution in [0, 0.1) is 0 Å². The van der Waals surface area contributed by atoms with Crippen molar-refractivity contribution >= 4 is 5.78 Å². The molecule has 0 spiro atoms. The zero-order chi connectivity index (χ0) is 22.9. The van der Waals surface area contributed by atoms with Gasteiger partial charge in [0.1, 0.15) is 29.1 Å². The van der Waals surface area contributed by atoms with Gasteiger partial charge in [0, 0.05) is 29.6 Å². The fraction of sp³-hybridized carbons (Fsp3) is 0.143. The number of nitrogens with zero attached hydrogens (tertiary/aromatic N) is 3. The summed E-state index contributed by atoms with van der Waals surface area (Å²) in [6, 6.07) is 7.89. The average molecular weight is 445 g/mol. The lowest BCUT2D eigenvalue weighted by molar-refractivity contribution is -0.274. The van der Waals surface area contributed by atoms with Crippen molar-refractivity contribution in [2.75, 3.05) is 7.11 Å². The van der Waals surface area contributed by atoms with Gasteiger partial charge in [-0.15, -0.1) is 13.2 Å². The Kier molecular flexibility index (Phi) is 5.49. The van der Waals surface area contributed by atoms with E-state index in [-0.39, 0.29) is 29.0 Å². The molecule has 164 valence electrons. The molecule has 3 aromatic rings. The first kappa shape index (κ1) is 21.2. The molecule has 0 fully saturated rings. The number of pyridine rings is 1. The van der Waals surface area contributed by atoms with Gasteiger partial charge >= 0.3 is 12.4 Å². The summed E-state index contributed by atoms with van der Waals surface area (Å²) >= 11 is 0. The summed E-state index contributed by atoms with van der Waals surface area (Å²) in [5.41, 5.74) is 1.31. The van der Waals surface area contributed by atoms with Crippen molar-refractivity contribution in [3.05, 3.63) is 71.9 Å². The van der Waals surface area contributed by atoms with Crippen LogP contribution in [0.1, 0.15) is 22.2 Å². The van der Waals surface area contributed by atoms with E-state index in [9.17, 15) is 23.1 Å². The van der Waals surface area contributed by atoms with Crippen LogP contribution in [0.3, 0.4) is 0 Å². The third-order valence-corrected chi connectivity index (χ3v) is 4.42. The van der Waals surface area contributed by atoms with Crippen LogP contribution in [0.5, 0.6) is 17.5 Å². The number of alkyl halides is 3. The Bertz CT molecular complexity index is 1180. The number of aliphatic hydroxyl groups is 1. The molecule has 0 aliphatic heterocycles. The van der Waals surface area contributed by atoms with Crippen molar-refractivity contribution in [1.82, 2.24) is 15.0 Å².